The van der Waals surface area contributed by atoms with Gasteiger partial charge < -0.3 is 15.5 Å². The van der Waals surface area contributed by atoms with Crippen LogP contribution in [0.2, 0.25) is 0 Å². The van der Waals surface area contributed by atoms with Crippen molar-refractivity contribution in [2.45, 2.75) is 70.4 Å². The van der Waals surface area contributed by atoms with Crippen LogP contribution in [0.5, 0.6) is 0 Å². The molecule has 156 valence electrons. The van der Waals surface area contributed by atoms with Gasteiger partial charge in [0.25, 0.3) is 0 Å². The number of nitrogens with one attached hydrogen (secondary N) is 2. The van der Waals surface area contributed by atoms with Crippen molar-refractivity contribution in [3.63, 3.8) is 0 Å². The molecule has 0 amide bonds. The highest BCUT2D eigenvalue weighted by atomic mass is 32.2. The molecule has 3 rings (SSSR count). The van der Waals surface area contributed by atoms with Gasteiger partial charge in [-0.15, -0.1) is 0 Å². The minimum Gasteiger partial charge on any atom is -0.354 e. The predicted octanol–water partition coefficient (Wildman–Crippen LogP) is 2.02. The number of rotatable bonds is 7. The van der Waals surface area contributed by atoms with Crippen LogP contribution in [-0.2, 0) is 9.84 Å². The largest absolute Gasteiger partial charge is 0.354 e. The highest BCUT2D eigenvalue weighted by molar-refractivity contribution is 7.90. The summed E-state index contributed by atoms with van der Waals surface area (Å²) in [7, 11) is -2.87. The van der Waals surface area contributed by atoms with Gasteiger partial charge >= 0.3 is 0 Å². The molecule has 1 heterocycles. The van der Waals surface area contributed by atoms with Gasteiger partial charge in [-0.2, -0.15) is 0 Å². The van der Waals surface area contributed by atoms with Crippen molar-refractivity contribution in [1.29, 1.82) is 0 Å². The van der Waals surface area contributed by atoms with Crippen LogP contribution < -0.4 is 10.6 Å². The zero-order valence-corrected chi connectivity index (χ0v) is 17.9. The SMILES string of the molecule is CCN=C(NC1CCN(CCS(C)(=O)=O)CC1)NC1CC1C1CCCCC1. The lowest BCUT2D eigenvalue weighted by atomic mass is 9.85. The van der Waals surface area contributed by atoms with E-state index < -0.39 is 9.84 Å². The van der Waals surface area contributed by atoms with Crippen molar-refractivity contribution in [2.75, 3.05) is 38.2 Å². The van der Waals surface area contributed by atoms with Crippen molar-refractivity contribution < 1.29 is 8.42 Å². The number of aliphatic imine (C=N–C) groups is 1. The van der Waals surface area contributed by atoms with Crippen LogP contribution in [0.4, 0.5) is 0 Å². The molecule has 0 radical (unpaired) electrons. The number of nitrogens with zero attached hydrogens (tertiary/aromatic N) is 2. The minimum atomic E-state index is -2.87. The maximum atomic E-state index is 11.3. The van der Waals surface area contributed by atoms with Gasteiger partial charge in [-0.25, -0.2) is 8.42 Å². The Kier molecular flexibility index (Phi) is 7.42. The van der Waals surface area contributed by atoms with Crippen molar-refractivity contribution in [1.82, 2.24) is 15.5 Å². The van der Waals surface area contributed by atoms with E-state index >= 15 is 0 Å². The van der Waals surface area contributed by atoms with Crippen LogP contribution in [0.1, 0.15) is 58.3 Å². The molecule has 7 heteroatoms. The molecule has 27 heavy (non-hydrogen) atoms. The van der Waals surface area contributed by atoms with Gasteiger partial charge in [0.15, 0.2) is 5.96 Å². The molecule has 2 aliphatic carbocycles. The van der Waals surface area contributed by atoms with Gasteiger partial charge in [-0.3, -0.25) is 4.99 Å². The second-order valence-corrected chi connectivity index (χ2v) is 11.0. The Morgan fingerprint density at radius 1 is 1.07 bits per heavy atom. The zero-order valence-electron chi connectivity index (χ0n) is 17.1. The molecule has 2 N–H and O–H groups in total. The van der Waals surface area contributed by atoms with E-state index in [0.29, 0.717) is 18.6 Å². The number of sulfone groups is 1. The molecule has 6 nitrogen and oxygen atoms in total. The molecule has 3 aliphatic rings. The molecular weight excluding hydrogens is 360 g/mol. The van der Waals surface area contributed by atoms with E-state index in [9.17, 15) is 8.42 Å². The fraction of sp³-hybridized carbons (Fsp3) is 0.950. The Bertz CT molecular complexity index is 593. The number of likely N-dealkylation sites (tertiary alicyclic amines) is 1. The topological polar surface area (TPSA) is 73.8 Å². The van der Waals surface area contributed by atoms with Crippen LogP contribution in [0.3, 0.4) is 0 Å². The monoisotopic (exact) mass is 398 g/mol. The molecule has 1 aliphatic heterocycles. The summed E-state index contributed by atoms with van der Waals surface area (Å²) in [6.07, 6.45) is 11.8. The second kappa shape index (κ2) is 9.59. The summed E-state index contributed by atoms with van der Waals surface area (Å²) >= 11 is 0. The summed E-state index contributed by atoms with van der Waals surface area (Å²) < 4.78 is 22.7. The number of hydrogen-bond acceptors (Lipinski definition) is 4. The summed E-state index contributed by atoms with van der Waals surface area (Å²) in [6, 6.07) is 1.05. The molecule has 0 bridgehead atoms. The summed E-state index contributed by atoms with van der Waals surface area (Å²) in [5.74, 6) is 3.03. The molecule has 0 aromatic carbocycles. The Morgan fingerprint density at radius 2 is 1.78 bits per heavy atom. The molecule has 2 atom stereocenters. The van der Waals surface area contributed by atoms with E-state index in [1.165, 1.54) is 44.8 Å². The first-order chi connectivity index (χ1) is 12.9. The molecule has 0 aromatic heterocycles. The van der Waals surface area contributed by atoms with E-state index in [1.54, 1.807) is 0 Å². The van der Waals surface area contributed by atoms with Crippen LogP contribution >= 0.6 is 0 Å². The first-order valence-corrected chi connectivity index (χ1v) is 13.0. The van der Waals surface area contributed by atoms with Crippen molar-refractivity contribution >= 4 is 15.8 Å². The molecule has 1 saturated heterocycles. The molecule has 0 spiro atoms. The Balaban J connectivity index is 1.40. The summed E-state index contributed by atoms with van der Waals surface area (Å²) in [5, 5.41) is 7.33. The average molecular weight is 399 g/mol. The van der Waals surface area contributed by atoms with Crippen molar-refractivity contribution in [3.8, 4) is 0 Å². The maximum Gasteiger partial charge on any atom is 0.191 e. The summed E-state index contributed by atoms with van der Waals surface area (Å²) in [5.41, 5.74) is 0. The normalized spacial score (nSPS) is 28.9. The van der Waals surface area contributed by atoms with Crippen LogP contribution in [0, 0.1) is 11.8 Å². The first kappa shape index (κ1) is 20.9. The predicted molar refractivity (Wildman–Crippen MR) is 112 cm³/mol. The second-order valence-electron chi connectivity index (χ2n) is 8.76. The number of guanidine groups is 1. The number of hydrogen-bond donors (Lipinski definition) is 2. The van der Waals surface area contributed by atoms with E-state index in [2.05, 4.69) is 27.4 Å². The highest BCUT2D eigenvalue weighted by Crippen LogP contribution is 2.44. The van der Waals surface area contributed by atoms with Gasteiger partial charge in [-0.1, -0.05) is 32.1 Å². The third-order valence-corrected chi connectivity index (χ3v) is 7.36. The summed E-state index contributed by atoms with van der Waals surface area (Å²) in [6.45, 7) is 5.46. The van der Waals surface area contributed by atoms with Gasteiger partial charge in [0, 0.05) is 44.5 Å². The van der Waals surface area contributed by atoms with Gasteiger partial charge in [0.2, 0.25) is 0 Å². The third-order valence-electron chi connectivity index (χ3n) is 6.44. The highest BCUT2D eigenvalue weighted by Gasteiger charge is 2.43. The summed E-state index contributed by atoms with van der Waals surface area (Å²) in [4.78, 5) is 6.93. The lowest BCUT2D eigenvalue weighted by Crippen LogP contribution is -2.50. The standard InChI is InChI=1S/C20H38N4O2S/c1-3-21-20(23-19-15-18(19)16-7-5-4-6-8-16)22-17-9-11-24(12-10-17)13-14-27(2,25)26/h16-19H,3-15H2,1-2H3,(H2,21,22,23). The van der Waals surface area contributed by atoms with Crippen LogP contribution in [0.15, 0.2) is 4.99 Å². The molecule has 2 unspecified atom stereocenters. The molecule has 0 aromatic rings. The fourth-order valence-electron chi connectivity index (χ4n) is 4.72. The zero-order chi connectivity index (χ0) is 19.3. The molecule has 3 fully saturated rings. The Hall–Kier alpha value is -0.820. The van der Waals surface area contributed by atoms with E-state index in [-0.39, 0.29) is 5.75 Å². The van der Waals surface area contributed by atoms with E-state index in [1.807, 2.05) is 0 Å². The Morgan fingerprint density at radius 3 is 2.41 bits per heavy atom. The minimum absolute atomic E-state index is 0.263. The van der Waals surface area contributed by atoms with Gasteiger partial charge in [0.1, 0.15) is 9.84 Å². The van der Waals surface area contributed by atoms with E-state index in [4.69, 9.17) is 0 Å². The quantitative estimate of drug-likeness (QED) is 0.507. The van der Waals surface area contributed by atoms with Crippen LogP contribution in [-0.4, -0.2) is 69.5 Å². The van der Waals surface area contributed by atoms with Crippen LogP contribution in [0.25, 0.3) is 0 Å². The molecule has 2 saturated carbocycles. The molecular formula is C20H38N4O2S. The average Bonchev–Trinajstić information content (AvgIpc) is 3.40. The fourth-order valence-corrected chi connectivity index (χ4v) is 5.31. The van der Waals surface area contributed by atoms with E-state index in [0.717, 1.165) is 50.3 Å². The lowest BCUT2D eigenvalue weighted by molar-refractivity contribution is 0.216. The third kappa shape index (κ3) is 6.93. The lowest BCUT2D eigenvalue weighted by Gasteiger charge is -2.33. The number of piperidine rings is 1. The van der Waals surface area contributed by atoms with Crippen molar-refractivity contribution in [3.05, 3.63) is 0 Å². The van der Waals surface area contributed by atoms with Gasteiger partial charge in [0.05, 0.1) is 5.75 Å². The van der Waals surface area contributed by atoms with Gasteiger partial charge in [-0.05, 0) is 38.0 Å². The maximum absolute atomic E-state index is 11.3. The smallest absolute Gasteiger partial charge is 0.191 e. The first-order valence-electron chi connectivity index (χ1n) is 10.9. The Labute approximate surface area is 165 Å². The van der Waals surface area contributed by atoms with Crippen molar-refractivity contribution in [2.24, 2.45) is 16.8 Å².